The van der Waals surface area contributed by atoms with Gasteiger partial charge in [-0.2, -0.15) is 5.10 Å². The average molecular weight is 694 g/mol. The number of rotatable bonds is 3. The van der Waals surface area contributed by atoms with Gasteiger partial charge in [0.25, 0.3) is 0 Å². The van der Waals surface area contributed by atoms with Gasteiger partial charge < -0.3 is 4.84 Å². The van der Waals surface area contributed by atoms with Crippen molar-refractivity contribution in [2.24, 2.45) is 5.16 Å². The van der Waals surface area contributed by atoms with Gasteiger partial charge in [-0.05, 0) is 48.7 Å². The number of nitrogens with zero attached hydrogens (tertiary/aromatic N) is 2. The predicted octanol–water partition coefficient (Wildman–Crippen LogP) is 8.43. The summed E-state index contributed by atoms with van der Waals surface area (Å²) in [4.78, 5) is 15.0. The van der Waals surface area contributed by atoms with E-state index in [2.05, 4.69) is 68.0 Å². The van der Waals surface area contributed by atoms with E-state index in [-0.39, 0.29) is 17.2 Å². The molecule has 196 valence electrons. The summed E-state index contributed by atoms with van der Waals surface area (Å²) in [6, 6.07) is 20.3. The normalized spacial score (nSPS) is 8.83. The van der Waals surface area contributed by atoms with Gasteiger partial charge in [0, 0.05) is 10.9 Å². The lowest BCUT2D eigenvalue weighted by atomic mass is 10.1. The molecule has 0 unspecified atom stereocenters. The molecule has 0 aliphatic carbocycles. The van der Waals surface area contributed by atoms with Gasteiger partial charge in [0.15, 0.2) is 5.78 Å². The molecule has 0 bridgehead atoms. The zero-order valence-corrected chi connectivity index (χ0v) is 25.4. The first-order valence-electron chi connectivity index (χ1n) is 10.1. The van der Waals surface area contributed by atoms with E-state index in [4.69, 9.17) is 0 Å². The summed E-state index contributed by atoms with van der Waals surface area (Å²) in [5.74, 6) is 4.45. The number of Topliss-reactive ketones (excluding diaryl/α,β-unsaturated/α-hetero) is 1. The Bertz CT molecular complexity index is 1100. The maximum absolute atomic E-state index is 12.8. The largest absolute Gasteiger partial charge is 0.399 e. The lowest BCUT2D eigenvalue weighted by Gasteiger charge is -1.94. The quantitative estimate of drug-likeness (QED) is 0.101. The molecule has 0 saturated heterocycles. The maximum Gasteiger partial charge on any atom is 0.162 e. The highest BCUT2D eigenvalue weighted by Gasteiger charge is 2.03. The van der Waals surface area contributed by atoms with E-state index < -0.39 is 5.82 Å². The smallest absolute Gasteiger partial charge is 0.162 e. The molecule has 3 aromatic carbocycles. The number of para-hydroxylation sites is 1. The zero-order valence-electron chi connectivity index (χ0n) is 20.7. The summed E-state index contributed by atoms with van der Waals surface area (Å²) in [5, 5.41) is 11.3. The van der Waals surface area contributed by atoms with Gasteiger partial charge in [-0.3, -0.25) is 9.89 Å². The number of benzene rings is 3. The molecule has 10 heteroatoms. The van der Waals surface area contributed by atoms with E-state index >= 15 is 0 Å². The number of aromatic amines is 1. The zero-order chi connectivity index (χ0) is 27.8. The van der Waals surface area contributed by atoms with E-state index in [1.54, 1.807) is 30.3 Å². The monoisotopic (exact) mass is 691 g/mol. The number of carbonyl (C=O) groups is 1. The maximum atomic E-state index is 12.8. The molecule has 0 amide bonds. The summed E-state index contributed by atoms with van der Waals surface area (Å²) in [6.45, 7) is 1.35. The van der Waals surface area contributed by atoms with E-state index in [9.17, 15) is 13.6 Å². The van der Waals surface area contributed by atoms with Gasteiger partial charge in [0.2, 0.25) is 0 Å². The number of hydrogen-bond acceptors (Lipinski definition) is 4. The molecule has 1 heterocycles. The van der Waals surface area contributed by atoms with Crippen LogP contribution in [-0.4, -0.2) is 46.8 Å². The van der Waals surface area contributed by atoms with Crippen molar-refractivity contribution in [1.29, 1.82) is 0 Å². The van der Waals surface area contributed by atoms with Crippen LogP contribution >= 0.6 is 47.8 Å². The summed E-state index contributed by atoms with van der Waals surface area (Å²) in [6.07, 6.45) is 3.14. The molecule has 1 N–H and O–H groups in total. The Hall–Kier alpha value is -2.43. The summed E-state index contributed by atoms with van der Waals surface area (Å²) in [5.41, 5.74) is 1.68. The molecule has 0 atom stereocenters. The number of ketones is 1. The van der Waals surface area contributed by atoms with Crippen molar-refractivity contribution in [1.82, 2.24) is 10.2 Å². The van der Waals surface area contributed by atoms with Crippen molar-refractivity contribution < 1.29 is 18.4 Å². The minimum atomic E-state index is -0.449. The van der Waals surface area contributed by atoms with Crippen LogP contribution in [-0.2, 0) is 4.84 Å². The average Bonchev–Trinajstić information content (AvgIpc) is 3.42. The minimum Gasteiger partial charge on any atom is -0.399 e. The molecule has 4 aromatic rings. The Kier molecular flexibility index (Phi) is 24.1. The van der Waals surface area contributed by atoms with Crippen LogP contribution in [0.1, 0.15) is 22.8 Å². The Balaban J connectivity index is 0. The van der Waals surface area contributed by atoms with Gasteiger partial charge in [0.1, 0.15) is 18.7 Å². The lowest BCUT2D eigenvalue weighted by molar-refractivity contribution is 0.101. The molecular weight excluding hydrogens is 664 g/mol. The van der Waals surface area contributed by atoms with Crippen LogP contribution in [0, 0.1) is 11.6 Å². The van der Waals surface area contributed by atoms with Gasteiger partial charge in [-0.25, -0.2) is 8.78 Å². The fourth-order valence-electron chi connectivity index (χ4n) is 2.32. The highest BCUT2D eigenvalue weighted by molar-refractivity contribution is 9.09. The summed E-state index contributed by atoms with van der Waals surface area (Å²) in [7, 11) is 1.41. The van der Waals surface area contributed by atoms with Gasteiger partial charge >= 0.3 is 0 Å². The number of aromatic nitrogens is 2. The Morgan fingerprint density at radius 3 is 1.89 bits per heavy atom. The third-order valence-corrected chi connectivity index (χ3v) is 3.81. The highest BCUT2D eigenvalue weighted by atomic mass is 79.9. The standard InChI is InChI=1S/C8H8FNO.C8H7FO.C7H6N2.3CH3Br/c1-11-10-6-7-4-2-3-5-8(7)9;1-6(10)7-4-2-3-5-8(7)9;1-2-4-7-6(3-1)5-8-9-7;3*1-2/h2-6H,1H3;2-5H,1H3;1-5H,(H,8,9);3*1H3/b10-6+;;;;;. The second-order valence-electron chi connectivity index (χ2n) is 5.93. The number of halogens is 5. The van der Waals surface area contributed by atoms with Crippen molar-refractivity contribution in [2.45, 2.75) is 6.92 Å². The number of nitrogens with one attached hydrogen (secondary N) is 1. The van der Waals surface area contributed by atoms with Crippen LogP contribution in [0.3, 0.4) is 0 Å². The van der Waals surface area contributed by atoms with Crippen molar-refractivity contribution in [3.8, 4) is 0 Å². The molecule has 0 radical (unpaired) electrons. The van der Waals surface area contributed by atoms with Crippen LogP contribution < -0.4 is 0 Å². The first kappa shape index (κ1) is 35.7. The van der Waals surface area contributed by atoms with Crippen LogP contribution in [0.25, 0.3) is 10.9 Å². The number of H-pyrrole nitrogens is 1. The third kappa shape index (κ3) is 14.9. The lowest BCUT2D eigenvalue weighted by Crippen LogP contribution is -1.94. The van der Waals surface area contributed by atoms with Gasteiger partial charge in [-0.1, -0.05) is 101 Å². The van der Waals surface area contributed by atoms with Crippen molar-refractivity contribution in [2.75, 3.05) is 24.6 Å². The second-order valence-corrected chi connectivity index (χ2v) is 5.93. The first-order valence-corrected chi connectivity index (χ1v) is 14.9. The van der Waals surface area contributed by atoms with E-state index in [1.165, 1.54) is 38.4 Å². The molecule has 4 rings (SSSR count). The minimum absolute atomic E-state index is 0.155. The third-order valence-electron chi connectivity index (χ3n) is 3.81. The Labute approximate surface area is 236 Å². The van der Waals surface area contributed by atoms with E-state index in [1.807, 2.05) is 48.0 Å². The highest BCUT2D eigenvalue weighted by Crippen LogP contribution is 2.07. The van der Waals surface area contributed by atoms with Crippen LogP contribution in [0.15, 0.2) is 84.1 Å². The number of carbonyl (C=O) groups excluding carboxylic acids is 1. The van der Waals surface area contributed by atoms with Gasteiger partial charge in [-0.15, -0.1) is 0 Å². The van der Waals surface area contributed by atoms with Crippen LogP contribution in [0.4, 0.5) is 8.78 Å². The van der Waals surface area contributed by atoms with Crippen LogP contribution in [0.2, 0.25) is 0 Å². The molecule has 0 aliphatic heterocycles. The van der Waals surface area contributed by atoms with Crippen molar-refractivity contribution >= 4 is 70.7 Å². The molecule has 1 aromatic heterocycles. The molecule has 5 nitrogen and oxygen atoms in total. The number of hydrogen-bond donors (Lipinski definition) is 1. The first-order chi connectivity index (χ1) is 17.5. The topological polar surface area (TPSA) is 67.3 Å². The molecule has 0 spiro atoms. The number of fused-ring (bicyclic) bond motifs is 1. The molecule has 0 fully saturated rings. The van der Waals surface area contributed by atoms with Crippen molar-refractivity contribution in [3.63, 3.8) is 0 Å². The predicted molar refractivity (Wildman–Crippen MR) is 158 cm³/mol. The Morgan fingerprint density at radius 1 is 0.861 bits per heavy atom. The summed E-state index contributed by atoms with van der Waals surface area (Å²) < 4.78 is 25.4. The van der Waals surface area contributed by atoms with E-state index in [0.29, 0.717) is 5.56 Å². The molecular formula is C26H30Br3F2N3O2. The van der Waals surface area contributed by atoms with E-state index in [0.717, 1.165) is 10.9 Å². The number of oxime groups is 1. The summed E-state index contributed by atoms with van der Waals surface area (Å²) >= 11 is 8.81. The SMILES string of the molecule is CBr.CBr.CBr.CC(=O)c1ccccc1F.CO/N=C/c1ccccc1F.c1ccc2[nH]ncc2c1. The van der Waals surface area contributed by atoms with Crippen LogP contribution in [0.5, 0.6) is 0 Å². The molecule has 36 heavy (non-hydrogen) atoms. The number of alkyl halides is 3. The molecule has 0 saturated carbocycles. The van der Waals surface area contributed by atoms with Gasteiger partial charge in [0.05, 0.1) is 23.5 Å². The second kappa shape index (κ2) is 24.3. The van der Waals surface area contributed by atoms with Crippen molar-refractivity contribution in [3.05, 3.63) is 102 Å². The fourth-order valence-corrected chi connectivity index (χ4v) is 2.32. The fraction of sp³-hybridized carbons (Fsp3) is 0.192. The molecule has 0 aliphatic rings. The Morgan fingerprint density at radius 2 is 1.39 bits per heavy atom.